The van der Waals surface area contributed by atoms with Gasteiger partial charge < -0.3 is 25.2 Å². The molecule has 1 heterocycles. The van der Waals surface area contributed by atoms with Crippen LogP contribution in [0.15, 0.2) is 34.4 Å². The van der Waals surface area contributed by atoms with E-state index in [9.17, 15) is 0 Å². The van der Waals surface area contributed by atoms with Gasteiger partial charge in [0.1, 0.15) is 0 Å². The van der Waals surface area contributed by atoms with Crippen molar-refractivity contribution in [3.05, 3.63) is 30.0 Å². The third-order valence-electron chi connectivity index (χ3n) is 4.77. The normalized spacial score (nSPS) is 16.0. The Bertz CT molecular complexity index is 665. The first-order chi connectivity index (χ1) is 13.7. The number of piperazine rings is 1. The summed E-state index contributed by atoms with van der Waals surface area (Å²) in [6, 6.07) is 6.46. The van der Waals surface area contributed by atoms with Crippen molar-refractivity contribution in [2.24, 2.45) is 9.98 Å². The van der Waals surface area contributed by atoms with Crippen LogP contribution in [0.2, 0.25) is 0 Å². The highest BCUT2D eigenvalue weighted by molar-refractivity contribution is 6.10. The fourth-order valence-electron chi connectivity index (χ4n) is 3.08. The van der Waals surface area contributed by atoms with Gasteiger partial charge in [0.25, 0.3) is 0 Å². The number of benzene rings is 1. The van der Waals surface area contributed by atoms with Gasteiger partial charge in [0.05, 0.1) is 31.1 Å². The van der Waals surface area contributed by atoms with Crippen molar-refractivity contribution in [3.63, 3.8) is 0 Å². The summed E-state index contributed by atoms with van der Waals surface area (Å²) in [4.78, 5) is 13.2. The Morgan fingerprint density at radius 1 is 1.21 bits per heavy atom. The number of allylic oxidation sites excluding steroid dienone is 1. The lowest BCUT2D eigenvalue weighted by Gasteiger charge is -2.35. The first-order valence-electron chi connectivity index (χ1n) is 9.83. The molecule has 0 atom stereocenters. The van der Waals surface area contributed by atoms with E-state index < -0.39 is 0 Å². The first kappa shape index (κ1) is 22.1. The molecule has 1 aliphatic heterocycles. The largest absolute Gasteiger partial charge is 0.386 e. The third-order valence-corrected chi connectivity index (χ3v) is 4.77. The predicted molar refractivity (Wildman–Crippen MR) is 121 cm³/mol. The van der Waals surface area contributed by atoms with Crippen molar-refractivity contribution in [1.29, 1.82) is 0 Å². The maximum absolute atomic E-state index is 5.50. The Labute approximate surface area is 169 Å². The van der Waals surface area contributed by atoms with Gasteiger partial charge in [-0.05, 0) is 38.5 Å². The highest BCUT2D eigenvalue weighted by Gasteiger charge is 2.17. The summed E-state index contributed by atoms with van der Waals surface area (Å²) in [5.74, 6) is 0. The Kier molecular flexibility index (Phi) is 9.68. The van der Waals surface area contributed by atoms with Gasteiger partial charge in [-0.15, -0.1) is 0 Å². The highest BCUT2D eigenvalue weighted by atomic mass is 16.5. The minimum Gasteiger partial charge on any atom is -0.386 e. The van der Waals surface area contributed by atoms with Gasteiger partial charge in [-0.3, -0.25) is 9.98 Å². The number of rotatable bonds is 11. The summed E-state index contributed by atoms with van der Waals surface area (Å²) in [6.07, 6.45) is 3.59. The second-order valence-corrected chi connectivity index (χ2v) is 6.79. The van der Waals surface area contributed by atoms with E-state index in [2.05, 4.69) is 62.4 Å². The summed E-state index contributed by atoms with van der Waals surface area (Å²) in [5, 5.41) is 6.39. The Balaban J connectivity index is 2.06. The average Bonchev–Trinajstić information content (AvgIpc) is 2.72. The molecule has 1 aliphatic rings. The Hall–Kier alpha value is -2.22. The van der Waals surface area contributed by atoms with E-state index in [-0.39, 0.29) is 0 Å². The van der Waals surface area contributed by atoms with Crippen molar-refractivity contribution < 1.29 is 4.74 Å². The minimum absolute atomic E-state index is 0.608. The van der Waals surface area contributed by atoms with Crippen LogP contribution in [0, 0.1) is 0 Å². The molecular weight excluding hydrogens is 352 g/mol. The van der Waals surface area contributed by atoms with E-state index in [0.29, 0.717) is 19.8 Å². The van der Waals surface area contributed by atoms with Crippen LogP contribution in [0.1, 0.15) is 5.56 Å². The van der Waals surface area contributed by atoms with Gasteiger partial charge in [0.2, 0.25) is 0 Å². The fourth-order valence-corrected chi connectivity index (χ4v) is 3.08. The van der Waals surface area contributed by atoms with Crippen LogP contribution in [0.3, 0.4) is 0 Å². The second-order valence-electron chi connectivity index (χ2n) is 6.79. The van der Waals surface area contributed by atoms with Crippen LogP contribution in [0.5, 0.6) is 0 Å². The van der Waals surface area contributed by atoms with Crippen molar-refractivity contribution in [3.8, 4) is 0 Å². The van der Waals surface area contributed by atoms with E-state index in [1.807, 2.05) is 20.3 Å². The minimum atomic E-state index is 0.608. The standard InChI is InChI=1S/C21H34N6O/c1-22-7-13-28-14-8-25-17-19(16-23-2)18-5-6-21(20(15-18)24-3)27-11-9-26(4)10-12-27/h5-6,15-17,22,24H,2,7-14H2,1,3-4H3/b19-16+,25-17?. The van der Waals surface area contributed by atoms with E-state index >= 15 is 0 Å². The van der Waals surface area contributed by atoms with Gasteiger partial charge in [0.15, 0.2) is 0 Å². The van der Waals surface area contributed by atoms with E-state index in [1.165, 1.54) is 5.69 Å². The molecule has 0 amide bonds. The number of likely N-dealkylation sites (N-methyl/N-ethyl adjacent to an activating group) is 2. The predicted octanol–water partition coefficient (Wildman–Crippen LogP) is 1.83. The number of nitrogens with one attached hydrogen (secondary N) is 2. The van der Waals surface area contributed by atoms with Gasteiger partial charge in [-0.25, -0.2) is 0 Å². The van der Waals surface area contributed by atoms with Crippen LogP contribution < -0.4 is 15.5 Å². The van der Waals surface area contributed by atoms with Gasteiger partial charge in [-0.1, -0.05) is 6.07 Å². The lowest BCUT2D eigenvalue weighted by molar-refractivity contribution is 0.145. The van der Waals surface area contributed by atoms with Crippen molar-refractivity contribution in [2.45, 2.75) is 0 Å². The summed E-state index contributed by atoms with van der Waals surface area (Å²) in [6.45, 7) is 10.6. The van der Waals surface area contributed by atoms with Crippen molar-refractivity contribution >= 4 is 29.9 Å². The molecule has 1 saturated heterocycles. The number of hydrogen-bond donors (Lipinski definition) is 2. The van der Waals surface area contributed by atoms with Crippen LogP contribution in [-0.4, -0.2) is 91.5 Å². The number of hydrogen-bond acceptors (Lipinski definition) is 7. The molecule has 1 aromatic carbocycles. The Morgan fingerprint density at radius 2 is 2.00 bits per heavy atom. The highest BCUT2D eigenvalue weighted by Crippen LogP contribution is 2.30. The van der Waals surface area contributed by atoms with Gasteiger partial charge in [0, 0.05) is 57.8 Å². The smallest absolute Gasteiger partial charge is 0.0662 e. The number of ether oxygens (including phenoxy) is 1. The quantitative estimate of drug-likeness (QED) is 0.449. The monoisotopic (exact) mass is 386 g/mol. The molecule has 2 rings (SSSR count). The molecule has 28 heavy (non-hydrogen) atoms. The van der Waals surface area contributed by atoms with E-state index in [1.54, 1.807) is 6.20 Å². The lowest BCUT2D eigenvalue weighted by Crippen LogP contribution is -2.44. The van der Waals surface area contributed by atoms with Crippen molar-refractivity contribution in [2.75, 3.05) is 83.8 Å². The summed E-state index contributed by atoms with van der Waals surface area (Å²) in [5.41, 5.74) is 4.35. The SMILES string of the molecule is C=N/C=C(\C=NCCOCCNC)c1ccc(N2CCN(C)CC2)c(NC)c1. The van der Waals surface area contributed by atoms with Crippen LogP contribution in [0.25, 0.3) is 5.57 Å². The molecule has 0 aromatic heterocycles. The average molecular weight is 387 g/mol. The maximum Gasteiger partial charge on any atom is 0.0662 e. The topological polar surface area (TPSA) is 64.5 Å². The molecule has 1 aromatic rings. The summed E-state index contributed by atoms with van der Waals surface area (Å²) >= 11 is 0. The number of nitrogens with zero attached hydrogens (tertiary/aromatic N) is 4. The maximum atomic E-state index is 5.50. The number of anilines is 2. The molecule has 0 bridgehead atoms. The van der Waals surface area contributed by atoms with Gasteiger partial charge in [-0.2, -0.15) is 0 Å². The molecule has 154 valence electrons. The molecule has 1 fully saturated rings. The van der Waals surface area contributed by atoms with Gasteiger partial charge >= 0.3 is 0 Å². The lowest BCUT2D eigenvalue weighted by atomic mass is 10.0. The zero-order valence-corrected chi connectivity index (χ0v) is 17.4. The molecule has 0 unspecified atom stereocenters. The van der Waals surface area contributed by atoms with Crippen molar-refractivity contribution in [1.82, 2.24) is 10.2 Å². The fraction of sp³-hybridized carbons (Fsp3) is 0.524. The zero-order chi connectivity index (χ0) is 20.2. The number of aliphatic imine (C=N–C) groups is 2. The molecule has 0 aliphatic carbocycles. The molecule has 0 saturated carbocycles. The molecule has 7 heteroatoms. The molecule has 2 N–H and O–H groups in total. The van der Waals surface area contributed by atoms with E-state index in [0.717, 1.165) is 49.5 Å². The third kappa shape index (κ3) is 6.74. The molecule has 0 radical (unpaired) electrons. The second kappa shape index (κ2) is 12.3. The van der Waals surface area contributed by atoms with E-state index in [4.69, 9.17) is 4.74 Å². The molecule has 7 nitrogen and oxygen atoms in total. The zero-order valence-electron chi connectivity index (χ0n) is 17.4. The molecular formula is C21H34N6O. The molecule has 0 spiro atoms. The summed E-state index contributed by atoms with van der Waals surface area (Å²) in [7, 11) is 6.05. The first-order valence-corrected chi connectivity index (χ1v) is 9.83. The Morgan fingerprint density at radius 3 is 2.68 bits per heavy atom. The van der Waals surface area contributed by atoms with Crippen LogP contribution in [-0.2, 0) is 4.74 Å². The van der Waals surface area contributed by atoms with Crippen LogP contribution >= 0.6 is 0 Å². The summed E-state index contributed by atoms with van der Waals surface area (Å²) < 4.78 is 5.50. The van der Waals surface area contributed by atoms with Crippen LogP contribution in [0.4, 0.5) is 11.4 Å².